The molecule has 18 heavy (non-hydrogen) atoms. The summed E-state index contributed by atoms with van der Waals surface area (Å²) in [5.74, 6) is 0.748. The summed E-state index contributed by atoms with van der Waals surface area (Å²) >= 11 is 8.24. The van der Waals surface area contributed by atoms with Gasteiger partial charge in [-0.25, -0.2) is 0 Å². The first-order valence-electron chi connectivity index (χ1n) is 6.51. The van der Waals surface area contributed by atoms with E-state index in [-0.39, 0.29) is 0 Å². The topological polar surface area (TPSA) is 3.24 Å². The van der Waals surface area contributed by atoms with E-state index in [0.29, 0.717) is 0 Å². The lowest BCUT2D eigenvalue weighted by molar-refractivity contribution is 0.215. The Labute approximate surface area is 128 Å². The molecule has 0 aliphatic carbocycles. The summed E-state index contributed by atoms with van der Waals surface area (Å²) in [6.45, 7) is 3.50. The number of likely N-dealkylation sites (tertiary alicyclic amines) is 1. The maximum atomic E-state index is 6.04. The van der Waals surface area contributed by atoms with Gasteiger partial charge in [-0.1, -0.05) is 64.5 Å². The average Bonchev–Trinajstić information content (AvgIpc) is 2.46. The van der Waals surface area contributed by atoms with Gasteiger partial charge in [-0.2, -0.15) is 0 Å². The number of benzene rings is 1. The molecule has 1 heterocycles. The van der Waals surface area contributed by atoms with Crippen LogP contribution < -0.4 is 0 Å². The van der Waals surface area contributed by atoms with Crippen molar-refractivity contribution in [1.29, 1.82) is 0 Å². The minimum absolute atomic E-state index is 0.748. The smallest absolute Gasteiger partial charge is 0.0254 e. The van der Waals surface area contributed by atoms with Crippen molar-refractivity contribution in [3.8, 4) is 0 Å². The molecule has 1 aliphatic rings. The van der Waals surface area contributed by atoms with Crippen LogP contribution in [0.1, 0.15) is 30.7 Å². The van der Waals surface area contributed by atoms with Crippen LogP contribution >= 0.6 is 34.2 Å². The molecule has 0 saturated carbocycles. The Balaban J connectivity index is 1.78. The predicted octanol–water partition coefficient (Wildman–Crippen LogP) is 4.77. The summed E-state index contributed by atoms with van der Waals surface area (Å²) in [5, 5.41) is 0.973. The van der Waals surface area contributed by atoms with Crippen LogP contribution in [0.25, 0.3) is 0 Å². The average molecular weight is 376 g/mol. The first-order valence-corrected chi connectivity index (χ1v) is 8.14. The zero-order valence-corrected chi connectivity index (χ0v) is 13.4. The zero-order chi connectivity index (χ0) is 12.8. The van der Waals surface area contributed by atoms with Crippen LogP contribution in [0.3, 0.4) is 0 Å². The monoisotopic (exact) mass is 375 g/mol. The van der Waals surface area contributed by atoms with Gasteiger partial charge in [-0.05, 0) is 47.9 Å². The van der Waals surface area contributed by atoms with Crippen LogP contribution in [-0.4, -0.2) is 24.5 Å². The van der Waals surface area contributed by atoms with Gasteiger partial charge in [-0.3, -0.25) is 0 Å². The minimum atomic E-state index is 0.748. The van der Waals surface area contributed by atoms with Gasteiger partial charge in [0.15, 0.2) is 0 Å². The molecule has 1 nitrogen and oxygen atoms in total. The van der Waals surface area contributed by atoms with Crippen LogP contribution in [0, 0.1) is 0 Å². The van der Waals surface area contributed by atoms with Gasteiger partial charge in [-0.15, -0.1) is 0 Å². The third kappa shape index (κ3) is 4.25. The quantitative estimate of drug-likeness (QED) is 0.685. The Morgan fingerprint density at radius 2 is 1.94 bits per heavy atom. The van der Waals surface area contributed by atoms with E-state index in [4.69, 9.17) is 11.6 Å². The molecule has 0 amide bonds. The minimum Gasteiger partial charge on any atom is -0.303 e. The summed E-state index contributed by atoms with van der Waals surface area (Å²) in [4.78, 5) is 2.53. The molecule has 1 fully saturated rings. The standard InChI is InChI=1S/C15H19ClIN/c16-15(12-17)8-11-18-9-6-14(7-10-18)13-4-2-1-3-5-13/h1-5,12,14H,6-11H2/b15-12+. The molecular formula is C15H19ClIN. The number of piperidine rings is 1. The van der Waals surface area contributed by atoms with Gasteiger partial charge in [0.05, 0.1) is 0 Å². The highest BCUT2D eigenvalue weighted by Crippen LogP contribution is 2.28. The van der Waals surface area contributed by atoms with Crippen molar-refractivity contribution in [2.45, 2.75) is 25.2 Å². The normalized spacial score (nSPS) is 19.1. The fourth-order valence-corrected chi connectivity index (χ4v) is 2.93. The molecule has 3 heteroatoms. The van der Waals surface area contributed by atoms with Crippen LogP contribution in [0.4, 0.5) is 0 Å². The number of rotatable bonds is 4. The molecule has 2 rings (SSSR count). The van der Waals surface area contributed by atoms with Gasteiger partial charge in [0, 0.05) is 11.6 Å². The molecule has 0 aromatic heterocycles. The number of hydrogen-bond donors (Lipinski definition) is 0. The number of nitrogens with zero attached hydrogens (tertiary/aromatic N) is 1. The van der Waals surface area contributed by atoms with Gasteiger partial charge < -0.3 is 4.90 Å². The summed E-state index contributed by atoms with van der Waals surface area (Å²) in [6.07, 6.45) is 3.53. The molecule has 0 bridgehead atoms. The second-order valence-corrected chi connectivity index (χ2v) is 5.94. The van der Waals surface area contributed by atoms with Crippen molar-refractivity contribution in [2.75, 3.05) is 19.6 Å². The molecule has 1 aromatic rings. The van der Waals surface area contributed by atoms with Gasteiger partial charge in [0.1, 0.15) is 0 Å². The van der Waals surface area contributed by atoms with E-state index in [0.717, 1.165) is 23.9 Å². The summed E-state index contributed by atoms with van der Waals surface area (Å²) < 4.78 is 1.97. The highest BCUT2D eigenvalue weighted by Gasteiger charge is 2.19. The van der Waals surface area contributed by atoms with Crippen LogP contribution in [0.15, 0.2) is 39.4 Å². The van der Waals surface area contributed by atoms with E-state index in [1.54, 1.807) is 0 Å². The summed E-state index contributed by atoms with van der Waals surface area (Å²) in [7, 11) is 0. The highest BCUT2D eigenvalue weighted by atomic mass is 127. The fraction of sp³-hybridized carbons (Fsp3) is 0.467. The lowest BCUT2D eigenvalue weighted by atomic mass is 9.89. The lowest BCUT2D eigenvalue weighted by Gasteiger charge is -2.32. The maximum Gasteiger partial charge on any atom is 0.0254 e. The number of hydrogen-bond acceptors (Lipinski definition) is 1. The first-order chi connectivity index (χ1) is 8.79. The molecule has 0 N–H and O–H groups in total. The Morgan fingerprint density at radius 3 is 2.56 bits per heavy atom. The third-order valence-electron chi connectivity index (χ3n) is 3.64. The fourth-order valence-electron chi connectivity index (χ4n) is 2.53. The van der Waals surface area contributed by atoms with Gasteiger partial charge in [0.2, 0.25) is 0 Å². The molecule has 0 atom stereocenters. The van der Waals surface area contributed by atoms with Crippen molar-refractivity contribution in [2.24, 2.45) is 0 Å². The Hall–Kier alpha value is -0.0600. The SMILES string of the molecule is Cl/C(=C/I)CCN1CCC(c2ccccc2)CC1. The van der Waals surface area contributed by atoms with E-state index >= 15 is 0 Å². The van der Waals surface area contributed by atoms with E-state index in [1.165, 1.54) is 31.5 Å². The van der Waals surface area contributed by atoms with E-state index in [9.17, 15) is 0 Å². The second-order valence-electron chi connectivity index (χ2n) is 4.83. The van der Waals surface area contributed by atoms with Crippen molar-refractivity contribution in [3.63, 3.8) is 0 Å². The molecule has 1 aliphatic heterocycles. The lowest BCUT2D eigenvalue weighted by Crippen LogP contribution is -2.33. The van der Waals surface area contributed by atoms with E-state index in [1.807, 2.05) is 4.08 Å². The first kappa shape index (κ1) is 14.4. The number of halogens is 2. The van der Waals surface area contributed by atoms with Crippen molar-refractivity contribution in [3.05, 3.63) is 45.0 Å². The highest BCUT2D eigenvalue weighted by molar-refractivity contribution is 14.1. The van der Waals surface area contributed by atoms with Crippen molar-refractivity contribution < 1.29 is 0 Å². The van der Waals surface area contributed by atoms with Crippen LogP contribution in [0.2, 0.25) is 0 Å². The molecule has 0 radical (unpaired) electrons. The third-order valence-corrected chi connectivity index (χ3v) is 5.06. The van der Waals surface area contributed by atoms with Crippen LogP contribution in [0.5, 0.6) is 0 Å². The van der Waals surface area contributed by atoms with Gasteiger partial charge in [0.25, 0.3) is 0 Å². The van der Waals surface area contributed by atoms with Crippen molar-refractivity contribution >= 4 is 34.2 Å². The van der Waals surface area contributed by atoms with Crippen LogP contribution in [-0.2, 0) is 0 Å². The molecule has 1 aromatic carbocycles. The molecule has 0 spiro atoms. The van der Waals surface area contributed by atoms with E-state index in [2.05, 4.69) is 57.8 Å². The molecule has 98 valence electrons. The molecular weight excluding hydrogens is 357 g/mol. The Morgan fingerprint density at radius 1 is 1.28 bits per heavy atom. The largest absolute Gasteiger partial charge is 0.303 e. The summed E-state index contributed by atoms with van der Waals surface area (Å²) in [5.41, 5.74) is 1.50. The molecule has 0 unspecified atom stereocenters. The second kappa shape index (κ2) is 7.51. The Bertz CT molecular complexity index is 383. The zero-order valence-electron chi connectivity index (χ0n) is 10.5. The van der Waals surface area contributed by atoms with Crippen molar-refractivity contribution in [1.82, 2.24) is 4.90 Å². The Kier molecular flexibility index (Phi) is 5.99. The van der Waals surface area contributed by atoms with Gasteiger partial charge >= 0.3 is 0 Å². The predicted molar refractivity (Wildman–Crippen MR) is 87.4 cm³/mol. The summed E-state index contributed by atoms with van der Waals surface area (Å²) in [6, 6.07) is 10.9. The van der Waals surface area contributed by atoms with E-state index < -0.39 is 0 Å². The maximum absolute atomic E-state index is 6.04. The molecule has 1 saturated heterocycles.